The lowest BCUT2D eigenvalue weighted by Crippen LogP contribution is -2.51. The van der Waals surface area contributed by atoms with Crippen LogP contribution in [0, 0.1) is 5.92 Å². The Morgan fingerprint density at radius 3 is 2.53 bits per heavy atom. The molecule has 0 spiro atoms. The van der Waals surface area contributed by atoms with Crippen molar-refractivity contribution in [3.05, 3.63) is 0 Å². The molecule has 0 saturated heterocycles. The molecule has 1 aliphatic carbocycles. The van der Waals surface area contributed by atoms with E-state index in [9.17, 15) is 9.90 Å². The molecule has 0 bridgehead atoms. The van der Waals surface area contributed by atoms with Gasteiger partial charge in [-0.3, -0.25) is 4.79 Å². The molecular formula is C11H22N2O2. The third-order valence-corrected chi connectivity index (χ3v) is 2.94. The Morgan fingerprint density at radius 1 is 1.53 bits per heavy atom. The number of hydrogen-bond acceptors (Lipinski definition) is 3. The zero-order valence-electron chi connectivity index (χ0n) is 9.62. The highest BCUT2D eigenvalue weighted by Crippen LogP contribution is 2.30. The normalized spacial score (nSPS) is 20.9. The number of aliphatic hydroxyl groups is 1. The van der Waals surface area contributed by atoms with E-state index in [4.69, 9.17) is 5.73 Å². The third kappa shape index (κ3) is 3.80. The molecule has 1 fully saturated rings. The molecule has 1 saturated carbocycles. The molecule has 0 aromatic heterocycles. The van der Waals surface area contributed by atoms with Crippen molar-refractivity contribution in [2.75, 3.05) is 6.54 Å². The van der Waals surface area contributed by atoms with Crippen molar-refractivity contribution < 1.29 is 9.90 Å². The molecule has 88 valence electrons. The van der Waals surface area contributed by atoms with Crippen molar-refractivity contribution >= 4 is 5.91 Å². The molecule has 0 aromatic rings. The van der Waals surface area contributed by atoms with Gasteiger partial charge in [0.2, 0.25) is 5.91 Å². The van der Waals surface area contributed by atoms with E-state index in [2.05, 4.69) is 5.32 Å². The first-order valence-corrected chi connectivity index (χ1v) is 5.69. The van der Waals surface area contributed by atoms with Crippen LogP contribution in [0.3, 0.4) is 0 Å². The van der Waals surface area contributed by atoms with Gasteiger partial charge in [0.1, 0.15) is 0 Å². The Hall–Kier alpha value is -0.610. The first-order chi connectivity index (χ1) is 6.93. The minimum atomic E-state index is -0.660. The lowest BCUT2D eigenvalue weighted by atomic mass is 9.80. The van der Waals surface area contributed by atoms with Gasteiger partial charge in [0.15, 0.2) is 0 Å². The maximum Gasteiger partial charge on any atom is 0.237 e. The Balaban J connectivity index is 2.23. The van der Waals surface area contributed by atoms with Gasteiger partial charge in [-0.15, -0.1) is 0 Å². The number of carbonyl (C=O) groups excluding carboxylic acids is 1. The van der Waals surface area contributed by atoms with E-state index < -0.39 is 11.6 Å². The second-order valence-electron chi connectivity index (χ2n) is 5.03. The summed E-state index contributed by atoms with van der Waals surface area (Å²) in [5.41, 5.74) is 5.05. The lowest BCUT2D eigenvalue weighted by Gasteiger charge is -2.36. The van der Waals surface area contributed by atoms with Gasteiger partial charge in [-0.25, -0.2) is 0 Å². The molecule has 0 aliphatic heterocycles. The number of nitrogens with one attached hydrogen (secondary N) is 1. The summed E-state index contributed by atoms with van der Waals surface area (Å²) >= 11 is 0. The van der Waals surface area contributed by atoms with Crippen LogP contribution in [0.15, 0.2) is 0 Å². The molecule has 0 heterocycles. The molecule has 1 aliphatic rings. The topological polar surface area (TPSA) is 75.4 Å². The summed E-state index contributed by atoms with van der Waals surface area (Å²) in [5, 5.41) is 12.5. The van der Waals surface area contributed by atoms with Gasteiger partial charge in [-0.1, -0.05) is 13.8 Å². The first-order valence-electron chi connectivity index (χ1n) is 5.69. The fourth-order valence-electron chi connectivity index (χ4n) is 1.76. The van der Waals surface area contributed by atoms with Crippen molar-refractivity contribution in [1.82, 2.24) is 5.32 Å². The van der Waals surface area contributed by atoms with Crippen LogP contribution < -0.4 is 11.1 Å². The van der Waals surface area contributed by atoms with Crippen molar-refractivity contribution in [2.24, 2.45) is 11.7 Å². The average Bonchev–Trinajstić information content (AvgIpc) is 2.10. The van der Waals surface area contributed by atoms with Gasteiger partial charge in [0, 0.05) is 6.54 Å². The standard InChI is InChI=1S/C11H22N2O2/c1-8(2)6-9(12)10(14)13-7-11(15)4-3-5-11/h8-9,15H,3-7,12H2,1-2H3,(H,13,14)/t9-/m1/s1. The Morgan fingerprint density at radius 2 is 2.13 bits per heavy atom. The molecule has 4 N–H and O–H groups in total. The van der Waals surface area contributed by atoms with Crippen LogP contribution in [-0.2, 0) is 4.79 Å². The summed E-state index contributed by atoms with van der Waals surface area (Å²) in [4.78, 5) is 11.5. The lowest BCUT2D eigenvalue weighted by molar-refractivity contribution is -0.125. The van der Waals surface area contributed by atoms with Crippen LogP contribution >= 0.6 is 0 Å². The van der Waals surface area contributed by atoms with E-state index in [0.29, 0.717) is 18.9 Å². The predicted molar refractivity (Wildman–Crippen MR) is 59.2 cm³/mol. The van der Waals surface area contributed by atoms with Crippen molar-refractivity contribution in [3.8, 4) is 0 Å². The summed E-state index contributed by atoms with van der Waals surface area (Å²) < 4.78 is 0. The maximum absolute atomic E-state index is 11.5. The van der Waals surface area contributed by atoms with Crippen molar-refractivity contribution in [3.63, 3.8) is 0 Å². The van der Waals surface area contributed by atoms with E-state index in [1.165, 1.54) is 0 Å². The zero-order valence-corrected chi connectivity index (χ0v) is 9.62. The van der Waals surface area contributed by atoms with Crippen LogP contribution in [0.5, 0.6) is 0 Å². The molecule has 15 heavy (non-hydrogen) atoms. The molecule has 1 atom stereocenters. The maximum atomic E-state index is 11.5. The largest absolute Gasteiger partial charge is 0.388 e. The fourth-order valence-corrected chi connectivity index (χ4v) is 1.76. The first kappa shape index (κ1) is 12.5. The van der Waals surface area contributed by atoms with Gasteiger partial charge in [-0.05, 0) is 31.6 Å². The summed E-state index contributed by atoms with van der Waals surface area (Å²) in [6.07, 6.45) is 3.30. The smallest absolute Gasteiger partial charge is 0.237 e. The highest BCUT2D eigenvalue weighted by atomic mass is 16.3. The highest BCUT2D eigenvalue weighted by molar-refractivity contribution is 5.81. The molecule has 4 nitrogen and oxygen atoms in total. The summed E-state index contributed by atoms with van der Waals surface area (Å²) in [6.45, 7) is 4.41. The molecule has 0 aromatic carbocycles. The van der Waals surface area contributed by atoms with E-state index in [0.717, 1.165) is 19.3 Å². The van der Waals surface area contributed by atoms with Crippen LogP contribution in [0.25, 0.3) is 0 Å². The minimum absolute atomic E-state index is 0.149. The second-order valence-corrected chi connectivity index (χ2v) is 5.03. The Labute approximate surface area is 91.2 Å². The monoisotopic (exact) mass is 214 g/mol. The van der Waals surface area contributed by atoms with Gasteiger partial charge >= 0.3 is 0 Å². The van der Waals surface area contributed by atoms with E-state index >= 15 is 0 Å². The number of nitrogens with two attached hydrogens (primary N) is 1. The summed E-state index contributed by atoms with van der Waals surface area (Å²) in [7, 11) is 0. The van der Waals surface area contributed by atoms with Crippen molar-refractivity contribution in [2.45, 2.75) is 51.2 Å². The number of rotatable bonds is 5. The Bertz CT molecular complexity index is 225. The summed E-state index contributed by atoms with van der Waals surface area (Å²) in [6, 6.07) is -0.450. The van der Waals surface area contributed by atoms with Crippen LogP contribution in [0.4, 0.5) is 0 Å². The Kier molecular flexibility index (Phi) is 4.11. The third-order valence-electron chi connectivity index (χ3n) is 2.94. The molecule has 0 radical (unpaired) electrons. The van der Waals surface area contributed by atoms with Gasteiger partial charge < -0.3 is 16.2 Å². The number of hydrogen-bond donors (Lipinski definition) is 3. The molecule has 1 rings (SSSR count). The van der Waals surface area contributed by atoms with E-state index in [1.54, 1.807) is 0 Å². The molecule has 1 amide bonds. The second kappa shape index (κ2) is 4.94. The molecule has 0 unspecified atom stereocenters. The molecule has 4 heteroatoms. The minimum Gasteiger partial charge on any atom is -0.388 e. The van der Waals surface area contributed by atoms with Crippen LogP contribution in [0.1, 0.15) is 39.5 Å². The van der Waals surface area contributed by atoms with Crippen LogP contribution in [0.2, 0.25) is 0 Å². The van der Waals surface area contributed by atoms with Gasteiger partial charge in [-0.2, -0.15) is 0 Å². The average molecular weight is 214 g/mol. The predicted octanol–water partition coefficient (Wildman–Crippen LogP) is 0.391. The van der Waals surface area contributed by atoms with Gasteiger partial charge in [0.25, 0.3) is 0 Å². The number of carbonyl (C=O) groups is 1. The molecular weight excluding hydrogens is 192 g/mol. The zero-order chi connectivity index (χ0) is 11.5. The fraction of sp³-hybridized carbons (Fsp3) is 0.909. The quantitative estimate of drug-likeness (QED) is 0.619. The van der Waals surface area contributed by atoms with Crippen LogP contribution in [-0.4, -0.2) is 29.2 Å². The highest BCUT2D eigenvalue weighted by Gasteiger charge is 2.34. The van der Waals surface area contributed by atoms with E-state index in [1.807, 2.05) is 13.8 Å². The SMILES string of the molecule is CC(C)C[C@@H](N)C(=O)NCC1(O)CCC1. The van der Waals surface area contributed by atoms with Crippen molar-refractivity contribution in [1.29, 1.82) is 0 Å². The van der Waals surface area contributed by atoms with E-state index in [-0.39, 0.29) is 5.91 Å². The van der Waals surface area contributed by atoms with Gasteiger partial charge in [0.05, 0.1) is 11.6 Å². The number of amides is 1. The summed E-state index contributed by atoms with van der Waals surface area (Å²) in [5.74, 6) is 0.265.